The number of benzene rings is 1. The molecule has 5 nitrogen and oxygen atoms in total. The molecule has 1 saturated carbocycles. The number of piperidine rings is 1. The zero-order chi connectivity index (χ0) is 16.9. The second-order valence-electron chi connectivity index (χ2n) is 6.88. The minimum absolute atomic E-state index is 0.148. The molecule has 1 amide bonds. The van der Waals surface area contributed by atoms with Crippen molar-refractivity contribution >= 4 is 5.91 Å². The first-order valence-corrected chi connectivity index (χ1v) is 8.91. The highest BCUT2D eigenvalue weighted by Gasteiger charge is 2.32. The van der Waals surface area contributed by atoms with Gasteiger partial charge in [-0.1, -0.05) is 6.07 Å². The minimum Gasteiger partial charge on any atom is -0.493 e. The molecule has 3 rings (SSSR count). The Balaban J connectivity index is 1.42. The maximum absolute atomic E-state index is 12.2. The monoisotopic (exact) mass is 332 g/mol. The summed E-state index contributed by atoms with van der Waals surface area (Å²) in [5, 5.41) is 3.03. The molecular weight excluding hydrogens is 304 g/mol. The summed E-state index contributed by atoms with van der Waals surface area (Å²) < 4.78 is 10.5. The fourth-order valence-corrected chi connectivity index (χ4v) is 3.49. The number of hydrogen-bond donors (Lipinski definition) is 1. The Morgan fingerprint density at radius 1 is 1.12 bits per heavy atom. The summed E-state index contributed by atoms with van der Waals surface area (Å²) in [6.45, 7) is 2.86. The van der Waals surface area contributed by atoms with E-state index in [2.05, 4.69) is 10.2 Å². The van der Waals surface area contributed by atoms with E-state index in [4.69, 9.17) is 9.47 Å². The van der Waals surface area contributed by atoms with Crippen LogP contribution in [-0.2, 0) is 11.3 Å². The van der Waals surface area contributed by atoms with E-state index < -0.39 is 0 Å². The Bertz CT molecular complexity index is 564. The van der Waals surface area contributed by atoms with Gasteiger partial charge in [0.05, 0.1) is 14.2 Å². The van der Waals surface area contributed by atoms with Gasteiger partial charge in [0.15, 0.2) is 11.5 Å². The van der Waals surface area contributed by atoms with E-state index in [0.29, 0.717) is 30.4 Å². The third-order valence-electron chi connectivity index (χ3n) is 5.12. The zero-order valence-electron chi connectivity index (χ0n) is 14.7. The van der Waals surface area contributed by atoms with Crippen LogP contribution in [0.5, 0.6) is 11.5 Å². The lowest BCUT2D eigenvalue weighted by molar-refractivity contribution is -0.122. The van der Waals surface area contributed by atoms with Crippen LogP contribution in [-0.4, -0.2) is 44.2 Å². The third-order valence-corrected chi connectivity index (χ3v) is 5.12. The van der Waals surface area contributed by atoms with Gasteiger partial charge < -0.3 is 19.7 Å². The highest BCUT2D eigenvalue weighted by Crippen LogP contribution is 2.31. The molecule has 0 spiro atoms. The molecule has 1 aliphatic heterocycles. The van der Waals surface area contributed by atoms with Gasteiger partial charge in [-0.25, -0.2) is 0 Å². The summed E-state index contributed by atoms with van der Waals surface area (Å²) >= 11 is 0. The molecule has 1 heterocycles. The van der Waals surface area contributed by atoms with Gasteiger partial charge in [0.2, 0.25) is 5.91 Å². The second kappa shape index (κ2) is 7.88. The molecule has 0 radical (unpaired) electrons. The molecule has 1 N–H and O–H groups in total. The van der Waals surface area contributed by atoms with Gasteiger partial charge in [-0.3, -0.25) is 4.79 Å². The Hall–Kier alpha value is -1.75. The van der Waals surface area contributed by atoms with Crippen molar-refractivity contribution in [2.75, 3.05) is 27.3 Å². The quantitative estimate of drug-likeness (QED) is 0.834. The summed E-state index contributed by atoms with van der Waals surface area (Å²) in [5.74, 6) is 2.08. The van der Waals surface area contributed by atoms with Crippen molar-refractivity contribution in [3.8, 4) is 11.5 Å². The Morgan fingerprint density at radius 3 is 2.46 bits per heavy atom. The standard InChI is InChI=1S/C19H28N2O3/c1-23-17-6-3-15(11-18(17)24-2)13-20-19(22)12-14-7-9-21(10-8-14)16-4-5-16/h3,6,11,14,16H,4-5,7-10,12-13H2,1-2H3,(H,20,22). The van der Waals surface area contributed by atoms with Crippen molar-refractivity contribution in [1.82, 2.24) is 10.2 Å². The maximum atomic E-state index is 12.2. The number of methoxy groups -OCH3 is 2. The first-order valence-electron chi connectivity index (χ1n) is 8.91. The van der Waals surface area contributed by atoms with Gasteiger partial charge in [-0.2, -0.15) is 0 Å². The fraction of sp³-hybridized carbons (Fsp3) is 0.632. The third kappa shape index (κ3) is 4.41. The molecular formula is C19H28N2O3. The van der Waals surface area contributed by atoms with Crippen molar-refractivity contribution in [1.29, 1.82) is 0 Å². The van der Waals surface area contributed by atoms with Gasteiger partial charge in [0.1, 0.15) is 0 Å². The lowest BCUT2D eigenvalue weighted by atomic mass is 9.93. The summed E-state index contributed by atoms with van der Waals surface area (Å²) in [4.78, 5) is 14.8. The van der Waals surface area contributed by atoms with E-state index >= 15 is 0 Å². The van der Waals surface area contributed by atoms with E-state index in [1.807, 2.05) is 18.2 Å². The molecule has 2 aliphatic rings. The molecule has 1 aliphatic carbocycles. The Labute approximate surface area is 144 Å². The van der Waals surface area contributed by atoms with Crippen LogP contribution < -0.4 is 14.8 Å². The average Bonchev–Trinajstić information content (AvgIpc) is 3.45. The number of amides is 1. The number of ether oxygens (including phenoxy) is 2. The van der Waals surface area contributed by atoms with Gasteiger partial charge in [-0.05, 0) is 62.4 Å². The molecule has 5 heteroatoms. The van der Waals surface area contributed by atoms with Crippen molar-refractivity contribution in [2.45, 2.75) is 44.7 Å². The predicted octanol–water partition coefficient (Wildman–Crippen LogP) is 2.58. The van der Waals surface area contributed by atoms with Crippen LogP contribution in [0, 0.1) is 5.92 Å². The maximum Gasteiger partial charge on any atom is 0.220 e. The van der Waals surface area contributed by atoms with Crippen LogP contribution in [0.15, 0.2) is 18.2 Å². The molecule has 0 aromatic heterocycles. The number of nitrogens with one attached hydrogen (secondary N) is 1. The molecule has 0 unspecified atom stereocenters. The van der Waals surface area contributed by atoms with Gasteiger partial charge in [0, 0.05) is 19.0 Å². The van der Waals surface area contributed by atoms with Crippen LogP contribution in [0.4, 0.5) is 0 Å². The Kier molecular flexibility index (Phi) is 5.61. The SMILES string of the molecule is COc1ccc(CNC(=O)CC2CCN(C3CC3)CC2)cc1OC. The van der Waals surface area contributed by atoms with Crippen LogP contribution in [0.25, 0.3) is 0 Å². The molecule has 0 bridgehead atoms. The number of hydrogen-bond acceptors (Lipinski definition) is 4. The highest BCUT2D eigenvalue weighted by atomic mass is 16.5. The summed E-state index contributed by atoms with van der Waals surface area (Å²) in [7, 11) is 3.24. The van der Waals surface area contributed by atoms with Crippen LogP contribution in [0.3, 0.4) is 0 Å². The van der Waals surface area contributed by atoms with Gasteiger partial charge >= 0.3 is 0 Å². The van der Waals surface area contributed by atoms with Crippen molar-refractivity contribution in [2.24, 2.45) is 5.92 Å². The minimum atomic E-state index is 0.148. The summed E-state index contributed by atoms with van der Waals surface area (Å²) in [5.41, 5.74) is 1.02. The number of carbonyl (C=O) groups excluding carboxylic acids is 1. The van der Waals surface area contributed by atoms with E-state index in [0.717, 1.165) is 37.5 Å². The van der Waals surface area contributed by atoms with Crippen LogP contribution in [0.1, 0.15) is 37.7 Å². The van der Waals surface area contributed by atoms with Crippen molar-refractivity contribution < 1.29 is 14.3 Å². The first kappa shape index (κ1) is 17.1. The second-order valence-corrected chi connectivity index (χ2v) is 6.88. The van der Waals surface area contributed by atoms with E-state index in [-0.39, 0.29) is 5.91 Å². The molecule has 0 atom stereocenters. The Morgan fingerprint density at radius 2 is 1.83 bits per heavy atom. The van der Waals surface area contributed by atoms with E-state index in [9.17, 15) is 4.79 Å². The highest BCUT2D eigenvalue weighted by molar-refractivity contribution is 5.76. The first-order chi connectivity index (χ1) is 11.7. The van der Waals surface area contributed by atoms with E-state index in [1.54, 1.807) is 14.2 Å². The van der Waals surface area contributed by atoms with Crippen molar-refractivity contribution in [3.63, 3.8) is 0 Å². The molecule has 1 aromatic rings. The normalized spacial score (nSPS) is 19.1. The topological polar surface area (TPSA) is 50.8 Å². The van der Waals surface area contributed by atoms with Gasteiger partial charge in [0.25, 0.3) is 0 Å². The van der Waals surface area contributed by atoms with Crippen molar-refractivity contribution in [3.05, 3.63) is 23.8 Å². The molecule has 2 fully saturated rings. The number of likely N-dealkylation sites (tertiary alicyclic amines) is 1. The lowest BCUT2D eigenvalue weighted by Gasteiger charge is -2.31. The summed E-state index contributed by atoms with van der Waals surface area (Å²) in [6, 6.07) is 6.58. The zero-order valence-corrected chi connectivity index (χ0v) is 14.7. The largest absolute Gasteiger partial charge is 0.493 e. The number of carbonyl (C=O) groups is 1. The molecule has 1 saturated heterocycles. The molecule has 1 aromatic carbocycles. The summed E-state index contributed by atoms with van der Waals surface area (Å²) in [6.07, 6.45) is 5.69. The predicted molar refractivity (Wildman–Crippen MR) is 93.3 cm³/mol. The van der Waals surface area contributed by atoms with Crippen LogP contribution in [0.2, 0.25) is 0 Å². The lowest BCUT2D eigenvalue weighted by Crippen LogP contribution is -2.37. The molecule has 132 valence electrons. The van der Waals surface area contributed by atoms with Gasteiger partial charge in [-0.15, -0.1) is 0 Å². The smallest absolute Gasteiger partial charge is 0.220 e. The number of rotatable bonds is 7. The van der Waals surface area contributed by atoms with E-state index in [1.165, 1.54) is 12.8 Å². The fourth-order valence-electron chi connectivity index (χ4n) is 3.49. The number of nitrogens with zero attached hydrogens (tertiary/aromatic N) is 1. The molecule has 24 heavy (non-hydrogen) atoms. The average molecular weight is 332 g/mol. The van der Waals surface area contributed by atoms with Crippen LogP contribution >= 0.6 is 0 Å².